The number of thiocarbonyl (C=S) groups is 1. The Morgan fingerprint density at radius 2 is 1.34 bits per heavy atom. The van der Waals surface area contributed by atoms with Crippen LogP contribution >= 0.6 is 24.0 Å². The Morgan fingerprint density at radius 1 is 0.743 bits per heavy atom. The molecule has 4 aromatic rings. The van der Waals surface area contributed by atoms with Gasteiger partial charge in [-0.2, -0.15) is 0 Å². The van der Waals surface area contributed by atoms with Gasteiger partial charge in [-0.3, -0.25) is 4.79 Å². The number of nitrogens with one attached hydrogen (secondary N) is 3. The number of ether oxygens (including phenoxy) is 1. The van der Waals surface area contributed by atoms with Crippen molar-refractivity contribution in [2.45, 2.75) is 10.1 Å². The van der Waals surface area contributed by atoms with Gasteiger partial charge in [-0.15, -0.1) is 11.8 Å². The average molecular weight is 500 g/mol. The zero-order valence-electron chi connectivity index (χ0n) is 19.1. The lowest BCUT2D eigenvalue weighted by molar-refractivity contribution is -0.115. The summed E-state index contributed by atoms with van der Waals surface area (Å²) in [5, 5.41) is 9.45. The number of rotatable bonds is 8. The van der Waals surface area contributed by atoms with E-state index in [1.807, 2.05) is 103 Å². The van der Waals surface area contributed by atoms with Crippen LogP contribution in [0, 0.1) is 0 Å². The van der Waals surface area contributed by atoms with Crippen molar-refractivity contribution in [3.8, 4) is 5.75 Å². The maximum atomic E-state index is 13.3. The van der Waals surface area contributed by atoms with Gasteiger partial charge in [0.2, 0.25) is 5.91 Å². The van der Waals surface area contributed by atoms with Crippen LogP contribution in [0.3, 0.4) is 0 Å². The molecular formula is C28H25N3O2S2. The molecule has 176 valence electrons. The van der Waals surface area contributed by atoms with E-state index in [2.05, 4.69) is 16.0 Å². The largest absolute Gasteiger partial charge is 0.497 e. The summed E-state index contributed by atoms with van der Waals surface area (Å²) in [4.78, 5) is 14.3. The quantitative estimate of drug-likeness (QED) is 0.180. The molecule has 35 heavy (non-hydrogen) atoms. The van der Waals surface area contributed by atoms with Crippen molar-refractivity contribution in [2.24, 2.45) is 0 Å². The Bertz CT molecular complexity index is 1270. The number of amides is 1. The molecule has 4 rings (SSSR count). The van der Waals surface area contributed by atoms with Crippen LogP contribution in [0.2, 0.25) is 0 Å². The average Bonchev–Trinajstić information content (AvgIpc) is 2.89. The molecule has 3 N–H and O–H groups in total. The number of methoxy groups -OCH3 is 1. The molecule has 0 saturated heterocycles. The molecular weight excluding hydrogens is 474 g/mol. The fraction of sp³-hybridized carbons (Fsp3) is 0.0714. The van der Waals surface area contributed by atoms with Crippen LogP contribution in [-0.2, 0) is 4.79 Å². The van der Waals surface area contributed by atoms with E-state index in [4.69, 9.17) is 17.0 Å². The fourth-order valence-electron chi connectivity index (χ4n) is 3.38. The third-order valence-corrected chi connectivity index (χ3v) is 6.55. The third-order valence-electron chi connectivity index (χ3n) is 5.08. The van der Waals surface area contributed by atoms with Crippen molar-refractivity contribution >= 4 is 52.1 Å². The van der Waals surface area contributed by atoms with Gasteiger partial charge in [0, 0.05) is 28.0 Å². The molecule has 7 heteroatoms. The topological polar surface area (TPSA) is 62.4 Å². The Morgan fingerprint density at radius 3 is 2.00 bits per heavy atom. The Balaban J connectivity index is 1.45. The molecule has 0 aliphatic rings. The zero-order valence-corrected chi connectivity index (χ0v) is 20.7. The van der Waals surface area contributed by atoms with Gasteiger partial charge in [-0.1, -0.05) is 54.6 Å². The molecule has 0 spiro atoms. The van der Waals surface area contributed by atoms with Gasteiger partial charge < -0.3 is 20.7 Å². The number of anilines is 3. The first-order chi connectivity index (χ1) is 17.1. The molecule has 4 aromatic carbocycles. The van der Waals surface area contributed by atoms with Gasteiger partial charge in [-0.25, -0.2) is 0 Å². The Labute approximate surface area is 214 Å². The molecule has 5 nitrogen and oxygen atoms in total. The molecule has 0 fully saturated rings. The molecule has 1 atom stereocenters. The molecule has 0 saturated carbocycles. The second-order valence-corrected chi connectivity index (χ2v) is 9.19. The SMILES string of the molecule is COc1cccc(NC(=O)C(Sc2ccc(NC(=S)Nc3ccccc3)cc2)c2ccccc2)c1. The van der Waals surface area contributed by atoms with Gasteiger partial charge >= 0.3 is 0 Å². The van der Waals surface area contributed by atoms with Crippen molar-refractivity contribution in [3.05, 3.63) is 115 Å². The zero-order chi connectivity index (χ0) is 24.5. The minimum absolute atomic E-state index is 0.107. The number of hydrogen-bond acceptors (Lipinski definition) is 4. The van der Waals surface area contributed by atoms with Crippen LogP contribution in [0.1, 0.15) is 10.8 Å². The van der Waals surface area contributed by atoms with Crippen LogP contribution in [-0.4, -0.2) is 18.1 Å². The normalized spacial score (nSPS) is 11.2. The van der Waals surface area contributed by atoms with E-state index in [9.17, 15) is 4.79 Å². The summed E-state index contributed by atoms with van der Waals surface area (Å²) in [5.41, 5.74) is 3.40. The van der Waals surface area contributed by atoms with Crippen molar-refractivity contribution in [2.75, 3.05) is 23.1 Å². The first-order valence-corrected chi connectivity index (χ1v) is 12.3. The highest BCUT2D eigenvalue weighted by molar-refractivity contribution is 8.00. The van der Waals surface area contributed by atoms with Gasteiger partial charge in [0.25, 0.3) is 0 Å². The van der Waals surface area contributed by atoms with Crippen molar-refractivity contribution in [1.29, 1.82) is 0 Å². The van der Waals surface area contributed by atoms with Crippen molar-refractivity contribution < 1.29 is 9.53 Å². The van der Waals surface area contributed by atoms with Crippen LogP contribution in [0.15, 0.2) is 114 Å². The van der Waals surface area contributed by atoms with Crippen LogP contribution < -0.4 is 20.7 Å². The van der Waals surface area contributed by atoms with Crippen LogP contribution in [0.4, 0.5) is 17.1 Å². The lowest BCUT2D eigenvalue weighted by Gasteiger charge is -2.18. The third kappa shape index (κ3) is 7.09. The highest BCUT2D eigenvalue weighted by Crippen LogP contribution is 2.37. The minimum Gasteiger partial charge on any atom is -0.497 e. The summed E-state index contributed by atoms with van der Waals surface area (Å²) in [5.74, 6) is 0.583. The highest BCUT2D eigenvalue weighted by Gasteiger charge is 2.22. The monoisotopic (exact) mass is 499 g/mol. The van der Waals surface area contributed by atoms with E-state index in [-0.39, 0.29) is 5.91 Å². The van der Waals surface area contributed by atoms with Crippen LogP contribution in [0.25, 0.3) is 0 Å². The van der Waals surface area contributed by atoms with Crippen molar-refractivity contribution in [3.63, 3.8) is 0 Å². The number of hydrogen-bond donors (Lipinski definition) is 3. The fourth-order valence-corrected chi connectivity index (χ4v) is 4.64. The lowest BCUT2D eigenvalue weighted by atomic mass is 10.1. The van der Waals surface area contributed by atoms with E-state index in [1.165, 1.54) is 11.8 Å². The van der Waals surface area contributed by atoms with Gasteiger partial charge in [0.05, 0.1) is 7.11 Å². The minimum atomic E-state index is -0.429. The second kappa shape index (κ2) is 12.1. The van der Waals surface area contributed by atoms with Gasteiger partial charge in [0.1, 0.15) is 11.0 Å². The molecule has 1 unspecified atom stereocenters. The predicted octanol–water partition coefficient (Wildman–Crippen LogP) is 6.98. The molecule has 0 aromatic heterocycles. The second-order valence-electron chi connectivity index (χ2n) is 7.60. The van der Waals surface area contributed by atoms with Crippen LogP contribution in [0.5, 0.6) is 5.75 Å². The maximum Gasteiger partial charge on any atom is 0.242 e. The number of benzene rings is 4. The van der Waals surface area contributed by atoms with E-state index in [1.54, 1.807) is 13.2 Å². The Hall–Kier alpha value is -3.81. The van der Waals surface area contributed by atoms with E-state index < -0.39 is 5.25 Å². The molecule has 0 radical (unpaired) electrons. The van der Waals surface area contributed by atoms with Gasteiger partial charge in [-0.05, 0) is 66.3 Å². The summed E-state index contributed by atoms with van der Waals surface area (Å²) in [6.07, 6.45) is 0. The summed E-state index contributed by atoms with van der Waals surface area (Å²) in [6, 6.07) is 34.7. The first-order valence-electron chi connectivity index (χ1n) is 11.0. The Kier molecular flexibility index (Phi) is 8.38. The number of carbonyl (C=O) groups is 1. The maximum absolute atomic E-state index is 13.3. The highest BCUT2D eigenvalue weighted by atomic mass is 32.2. The number of carbonyl (C=O) groups excluding carboxylic acids is 1. The predicted molar refractivity (Wildman–Crippen MR) is 149 cm³/mol. The lowest BCUT2D eigenvalue weighted by Crippen LogP contribution is -2.19. The van der Waals surface area contributed by atoms with E-state index in [0.29, 0.717) is 16.5 Å². The number of thioether (sulfide) groups is 1. The molecule has 0 aliphatic carbocycles. The first kappa shape index (κ1) is 24.3. The summed E-state index contributed by atoms with van der Waals surface area (Å²) < 4.78 is 5.27. The molecule has 0 heterocycles. The number of para-hydroxylation sites is 1. The summed E-state index contributed by atoms with van der Waals surface area (Å²) in [7, 11) is 1.60. The van der Waals surface area contributed by atoms with E-state index >= 15 is 0 Å². The summed E-state index contributed by atoms with van der Waals surface area (Å²) >= 11 is 6.90. The van der Waals surface area contributed by atoms with Gasteiger partial charge in [0.15, 0.2) is 5.11 Å². The van der Waals surface area contributed by atoms with Crippen molar-refractivity contribution in [1.82, 2.24) is 0 Å². The molecule has 0 aliphatic heterocycles. The van der Waals surface area contributed by atoms with E-state index in [0.717, 1.165) is 21.8 Å². The summed E-state index contributed by atoms with van der Waals surface area (Å²) in [6.45, 7) is 0. The molecule has 1 amide bonds. The standard InChI is InChI=1S/C28H25N3O2S2/c1-33-24-14-8-13-23(19-24)29-27(32)26(20-9-4-2-5-10-20)35-25-17-15-22(16-18-25)31-28(34)30-21-11-6-3-7-12-21/h2-19,26H,1H3,(H,29,32)(H2,30,31,34). The molecule has 0 bridgehead atoms. The smallest absolute Gasteiger partial charge is 0.242 e.